The van der Waals surface area contributed by atoms with Crippen molar-refractivity contribution in [3.8, 4) is 0 Å². The lowest BCUT2D eigenvalue weighted by atomic mass is 10.0. The molecule has 3 aromatic rings. The van der Waals surface area contributed by atoms with E-state index >= 15 is 0 Å². The topological polar surface area (TPSA) is 51.7 Å². The van der Waals surface area contributed by atoms with Crippen LogP contribution in [0.25, 0.3) is 0 Å². The number of rotatable bonds is 4. The number of halogens is 3. The standard InChI is InChI=1S/C26H26ClF2N5O/c1-17-19(26(35)33-13-11-32(12-14-33)18-5-3-2-4-6-18)15-31-25-24(17)34(10-9-30-25)16-20-21(28)7-8-22(29)23(20)27/h2-8,15H,9-14,16H2,1H3,(H,30,31). The number of nitrogens with one attached hydrogen (secondary N) is 1. The predicted octanol–water partition coefficient (Wildman–Crippen LogP) is 4.72. The summed E-state index contributed by atoms with van der Waals surface area (Å²) in [6.45, 7) is 5.78. The Kier molecular flexibility index (Phi) is 6.47. The fraction of sp³-hybridized carbons (Fsp3) is 0.308. The Hall–Kier alpha value is -3.39. The van der Waals surface area contributed by atoms with E-state index in [2.05, 4.69) is 27.3 Å². The lowest BCUT2D eigenvalue weighted by Gasteiger charge is -2.37. The lowest BCUT2D eigenvalue weighted by Crippen LogP contribution is -2.49. The van der Waals surface area contributed by atoms with Gasteiger partial charge < -0.3 is 20.0 Å². The first-order chi connectivity index (χ1) is 16.9. The molecule has 2 aliphatic rings. The Morgan fingerprint density at radius 3 is 2.49 bits per heavy atom. The molecule has 1 amide bonds. The number of carbonyl (C=O) groups excluding carboxylic acids is 1. The zero-order valence-corrected chi connectivity index (χ0v) is 20.2. The second-order valence-corrected chi connectivity index (χ2v) is 9.16. The van der Waals surface area contributed by atoms with E-state index in [1.165, 1.54) is 0 Å². The minimum absolute atomic E-state index is 0.0764. The van der Waals surface area contributed by atoms with E-state index in [1.54, 1.807) is 6.20 Å². The number of carbonyl (C=O) groups is 1. The SMILES string of the molecule is Cc1c(C(=O)N2CCN(c3ccccc3)CC2)cnc2c1N(Cc1c(F)ccc(F)c1Cl)CCN2. The van der Waals surface area contributed by atoms with Crippen molar-refractivity contribution < 1.29 is 13.6 Å². The van der Waals surface area contributed by atoms with Crippen molar-refractivity contribution in [1.29, 1.82) is 0 Å². The molecule has 1 fully saturated rings. The maximum Gasteiger partial charge on any atom is 0.255 e. The van der Waals surface area contributed by atoms with Crippen LogP contribution in [-0.4, -0.2) is 55.1 Å². The van der Waals surface area contributed by atoms with Gasteiger partial charge in [0.1, 0.15) is 17.5 Å². The Bertz CT molecular complexity index is 1250. The van der Waals surface area contributed by atoms with Crippen LogP contribution in [0.5, 0.6) is 0 Å². The van der Waals surface area contributed by atoms with Gasteiger partial charge in [-0.25, -0.2) is 13.8 Å². The van der Waals surface area contributed by atoms with Gasteiger partial charge in [0.2, 0.25) is 0 Å². The first-order valence-corrected chi connectivity index (χ1v) is 12.0. The van der Waals surface area contributed by atoms with Crippen LogP contribution in [0.1, 0.15) is 21.5 Å². The van der Waals surface area contributed by atoms with Crippen LogP contribution in [0.2, 0.25) is 5.02 Å². The van der Waals surface area contributed by atoms with E-state index in [-0.39, 0.29) is 23.0 Å². The van der Waals surface area contributed by atoms with Crippen molar-refractivity contribution >= 4 is 34.7 Å². The van der Waals surface area contributed by atoms with Gasteiger partial charge >= 0.3 is 0 Å². The quantitative estimate of drug-likeness (QED) is 0.529. The smallest absolute Gasteiger partial charge is 0.255 e. The van der Waals surface area contributed by atoms with E-state index in [1.807, 2.05) is 34.9 Å². The Balaban J connectivity index is 1.38. The predicted molar refractivity (Wildman–Crippen MR) is 134 cm³/mol. The van der Waals surface area contributed by atoms with E-state index in [4.69, 9.17) is 11.6 Å². The van der Waals surface area contributed by atoms with Crippen molar-refractivity contribution in [1.82, 2.24) is 9.88 Å². The third-order valence-corrected chi connectivity index (χ3v) is 7.11. The summed E-state index contributed by atoms with van der Waals surface area (Å²) < 4.78 is 28.5. The highest BCUT2D eigenvalue weighted by Crippen LogP contribution is 2.36. The molecule has 0 spiro atoms. The van der Waals surface area contributed by atoms with Gasteiger partial charge in [-0.3, -0.25) is 4.79 Å². The molecule has 9 heteroatoms. The molecule has 1 aromatic heterocycles. The summed E-state index contributed by atoms with van der Waals surface area (Å²) in [5.74, 6) is -0.685. The van der Waals surface area contributed by atoms with Crippen LogP contribution in [0, 0.1) is 18.6 Å². The third-order valence-electron chi connectivity index (χ3n) is 6.70. The van der Waals surface area contributed by atoms with Crippen molar-refractivity contribution in [3.63, 3.8) is 0 Å². The number of fused-ring (bicyclic) bond motifs is 1. The monoisotopic (exact) mass is 497 g/mol. The van der Waals surface area contributed by atoms with Gasteiger partial charge in [-0.15, -0.1) is 0 Å². The van der Waals surface area contributed by atoms with Crippen LogP contribution in [0.4, 0.5) is 26.0 Å². The highest BCUT2D eigenvalue weighted by molar-refractivity contribution is 6.31. The molecule has 35 heavy (non-hydrogen) atoms. The third kappa shape index (κ3) is 4.50. The molecule has 182 valence electrons. The van der Waals surface area contributed by atoms with E-state index in [0.29, 0.717) is 43.2 Å². The first kappa shape index (κ1) is 23.4. The van der Waals surface area contributed by atoms with Gasteiger partial charge in [0.25, 0.3) is 5.91 Å². The summed E-state index contributed by atoms with van der Waals surface area (Å²) in [4.78, 5) is 24.0. The van der Waals surface area contributed by atoms with Gasteiger partial charge in [-0.2, -0.15) is 0 Å². The molecule has 0 unspecified atom stereocenters. The van der Waals surface area contributed by atoms with Crippen LogP contribution < -0.4 is 15.1 Å². The molecule has 0 saturated carbocycles. The number of pyridine rings is 1. The number of hydrogen-bond acceptors (Lipinski definition) is 5. The average molecular weight is 498 g/mol. The average Bonchev–Trinajstić information content (AvgIpc) is 2.89. The number of piperazine rings is 1. The second-order valence-electron chi connectivity index (χ2n) is 8.78. The van der Waals surface area contributed by atoms with Gasteiger partial charge in [0, 0.05) is 63.3 Å². The van der Waals surface area contributed by atoms with Crippen LogP contribution in [0.15, 0.2) is 48.7 Å². The lowest BCUT2D eigenvalue weighted by molar-refractivity contribution is 0.0745. The summed E-state index contributed by atoms with van der Waals surface area (Å²) in [6, 6.07) is 12.3. The van der Waals surface area contributed by atoms with E-state index in [0.717, 1.165) is 36.5 Å². The molecule has 0 bridgehead atoms. The summed E-state index contributed by atoms with van der Waals surface area (Å²) in [7, 11) is 0. The molecule has 2 aliphatic heterocycles. The van der Waals surface area contributed by atoms with Gasteiger partial charge in [0.05, 0.1) is 16.3 Å². The first-order valence-electron chi connectivity index (χ1n) is 11.6. The molecule has 3 heterocycles. The number of anilines is 3. The molecule has 0 atom stereocenters. The number of para-hydroxylation sites is 1. The molecule has 2 aromatic carbocycles. The summed E-state index contributed by atoms with van der Waals surface area (Å²) in [5.41, 5.74) is 3.22. The van der Waals surface area contributed by atoms with Crippen molar-refractivity contribution in [2.45, 2.75) is 13.5 Å². The highest BCUT2D eigenvalue weighted by atomic mass is 35.5. The summed E-state index contributed by atoms with van der Waals surface area (Å²) >= 11 is 6.09. The number of hydrogen-bond donors (Lipinski definition) is 1. The highest BCUT2D eigenvalue weighted by Gasteiger charge is 2.29. The summed E-state index contributed by atoms with van der Waals surface area (Å²) in [6.07, 6.45) is 1.60. The van der Waals surface area contributed by atoms with Crippen molar-refractivity contribution in [2.75, 3.05) is 54.4 Å². The van der Waals surface area contributed by atoms with E-state index in [9.17, 15) is 13.6 Å². The molecule has 6 nitrogen and oxygen atoms in total. The van der Waals surface area contributed by atoms with Gasteiger partial charge in [0.15, 0.2) is 0 Å². The summed E-state index contributed by atoms with van der Waals surface area (Å²) in [5, 5.41) is 3.02. The van der Waals surface area contributed by atoms with E-state index < -0.39 is 11.6 Å². The number of amides is 1. The van der Waals surface area contributed by atoms with Crippen molar-refractivity contribution in [3.05, 3.63) is 82.0 Å². The van der Waals surface area contributed by atoms with Crippen LogP contribution in [-0.2, 0) is 6.54 Å². The molecular formula is C26H26ClF2N5O. The zero-order chi connectivity index (χ0) is 24.5. The second kappa shape index (κ2) is 9.70. The fourth-order valence-electron chi connectivity index (χ4n) is 4.79. The fourth-order valence-corrected chi connectivity index (χ4v) is 5.00. The maximum atomic E-state index is 14.5. The molecule has 0 aliphatic carbocycles. The number of aromatic nitrogens is 1. The number of benzene rings is 2. The molecular weight excluding hydrogens is 472 g/mol. The van der Waals surface area contributed by atoms with Crippen LogP contribution >= 0.6 is 11.6 Å². The van der Waals surface area contributed by atoms with Crippen LogP contribution in [0.3, 0.4) is 0 Å². The van der Waals surface area contributed by atoms with Gasteiger partial charge in [-0.1, -0.05) is 29.8 Å². The molecule has 5 rings (SSSR count). The zero-order valence-electron chi connectivity index (χ0n) is 19.4. The molecule has 0 radical (unpaired) electrons. The largest absolute Gasteiger partial charge is 0.368 e. The number of nitrogens with zero attached hydrogens (tertiary/aromatic N) is 4. The normalized spacial score (nSPS) is 15.6. The minimum atomic E-state index is -0.660. The van der Waals surface area contributed by atoms with Crippen molar-refractivity contribution in [2.24, 2.45) is 0 Å². The Morgan fingerprint density at radius 1 is 1.03 bits per heavy atom. The Morgan fingerprint density at radius 2 is 1.74 bits per heavy atom. The Labute approximate surface area is 208 Å². The molecule has 1 N–H and O–H groups in total. The van der Waals surface area contributed by atoms with Gasteiger partial charge in [-0.05, 0) is 36.8 Å². The minimum Gasteiger partial charge on any atom is -0.368 e. The maximum absolute atomic E-state index is 14.5. The molecule has 1 saturated heterocycles.